The van der Waals surface area contributed by atoms with Crippen molar-refractivity contribution >= 4 is 5.69 Å². The summed E-state index contributed by atoms with van der Waals surface area (Å²) < 4.78 is 0. The van der Waals surface area contributed by atoms with Gasteiger partial charge in [-0.1, -0.05) is 32.9 Å². The minimum atomic E-state index is -0.321. The lowest BCUT2D eigenvalue weighted by atomic mass is 10.1. The summed E-state index contributed by atoms with van der Waals surface area (Å²) in [4.78, 5) is 2.52. The number of anilines is 1. The largest absolute Gasteiger partial charge is 0.388 e. The Balaban J connectivity index is 2.10. The van der Waals surface area contributed by atoms with Crippen LogP contribution in [0.2, 0.25) is 0 Å². The SMILES string of the molecule is CC[C@@H](O)c1ccc(N(CC(C)C)C2CC2)cc1. The lowest BCUT2D eigenvalue weighted by Crippen LogP contribution is -2.29. The highest BCUT2D eigenvalue weighted by molar-refractivity contribution is 5.50. The number of rotatable bonds is 6. The van der Waals surface area contributed by atoms with E-state index in [-0.39, 0.29) is 6.10 Å². The maximum Gasteiger partial charge on any atom is 0.0787 e. The molecule has 1 aromatic carbocycles. The van der Waals surface area contributed by atoms with Gasteiger partial charge >= 0.3 is 0 Å². The van der Waals surface area contributed by atoms with Gasteiger partial charge in [0.05, 0.1) is 6.10 Å². The fourth-order valence-electron chi connectivity index (χ4n) is 2.37. The van der Waals surface area contributed by atoms with Crippen molar-refractivity contribution in [3.05, 3.63) is 29.8 Å². The number of aliphatic hydroxyl groups excluding tert-OH is 1. The van der Waals surface area contributed by atoms with Crippen LogP contribution in [0.4, 0.5) is 5.69 Å². The van der Waals surface area contributed by atoms with Crippen molar-refractivity contribution in [3.63, 3.8) is 0 Å². The summed E-state index contributed by atoms with van der Waals surface area (Å²) in [7, 11) is 0. The Kier molecular flexibility index (Phi) is 4.28. The second kappa shape index (κ2) is 5.75. The predicted octanol–water partition coefficient (Wildman–Crippen LogP) is 3.75. The molecule has 2 nitrogen and oxygen atoms in total. The third-order valence-electron chi connectivity index (χ3n) is 3.55. The Hall–Kier alpha value is -1.02. The highest BCUT2D eigenvalue weighted by atomic mass is 16.3. The van der Waals surface area contributed by atoms with E-state index in [1.165, 1.54) is 18.5 Å². The zero-order chi connectivity index (χ0) is 13.1. The van der Waals surface area contributed by atoms with Crippen LogP contribution >= 0.6 is 0 Å². The molecule has 100 valence electrons. The second-order valence-electron chi connectivity index (χ2n) is 5.79. The van der Waals surface area contributed by atoms with E-state index in [2.05, 4.69) is 43.0 Å². The van der Waals surface area contributed by atoms with E-state index in [0.717, 1.165) is 24.6 Å². The molecule has 2 rings (SSSR count). The number of aliphatic hydroxyl groups is 1. The van der Waals surface area contributed by atoms with E-state index in [0.29, 0.717) is 5.92 Å². The summed E-state index contributed by atoms with van der Waals surface area (Å²) in [6.07, 6.45) is 3.11. The first kappa shape index (κ1) is 13.4. The molecule has 2 heteroatoms. The molecule has 0 aliphatic heterocycles. The van der Waals surface area contributed by atoms with Gasteiger partial charge in [-0.05, 0) is 42.9 Å². The fourth-order valence-corrected chi connectivity index (χ4v) is 2.37. The summed E-state index contributed by atoms with van der Waals surface area (Å²) in [5, 5.41) is 9.81. The number of benzene rings is 1. The molecule has 1 aliphatic carbocycles. The second-order valence-corrected chi connectivity index (χ2v) is 5.79. The van der Waals surface area contributed by atoms with Crippen molar-refractivity contribution in [1.82, 2.24) is 0 Å². The first-order valence-corrected chi connectivity index (χ1v) is 7.16. The monoisotopic (exact) mass is 247 g/mol. The van der Waals surface area contributed by atoms with E-state index >= 15 is 0 Å². The quantitative estimate of drug-likeness (QED) is 0.827. The summed E-state index contributed by atoms with van der Waals surface area (Å²) in [5.74, 6) is 0.687. The molecule has 1 saturated carbocycles. The smallest absolute Gasteiger partial charge is 0.0787 e. The minimum absolute atomic E-state index is 0.321. The van der Waals surface area contributed by atoms with Gasteiger partial charge in [-0.25, -0.2) is 0 Å². The number of nitrogens with zero attached hydrogens (tertiary/aromatic N) is 1. The van der Waals surface area contributed by atoms with Crippen LogP contribution in [0.5, 0.6) is 0 Å². The maximum atomic E-state index is 9.81. The highest BCUT2D eigenvalue weighted by Gasteiger charge is 2.29. The minimum Gasteiger partial charge on any atom is -0.388 e. The molecule has 18 heavy (non-hydrogen) atoms. The molecular formula is C16H25NO. The van der Waals surface area contributed by atoms with Crippen LogP contribution in [-0.4, -0.2) is 17.7 Å². The molecule has 0 heterocycles. The van der Waals surface area contributed by atoms with E-state index in [1.54, 1.807) is 0 Å². The van der Waals surface area contributed by atoms with Gasteiger partial charge in [-0.15, -0.1) is 0 Å². The van der Waals surface area contributed by atoms with Gasteiger partial charge in [-0.3, -0.25) is 0 Å². The van der Waals surface area contributed by atoms with Crippen molar-refractivity contribution in [3.8, 4) is 0 Å². The third-order valence-corrected chi connectivity index (χ3v) is 3.55. The Morgan fingerprint density at radius 2 is 1.83 bits per heavy atom. The van der Waals surface area contributed by atoms with Crippen molar-refractivity contribution < 1.29 is 5.11 Å². The summed E-state index contributed by atoms with van der Waals surface area (Å²) >= 11 is 0. The molecular weight excluding hydrogens is 222 g/mol. The summed E-state index contributed by atoms with van der Waals surface area (Å²) in [6.45, 7) is 7.67. The zero-order valence-electron chi connectivity index (χ0n) is 11.8. The Morgan fingerprint density at radius 3 is 2.28 bits per heavy atom. The van der Waals surface area contributed by atoms with Gasteiger partial charge in [0, 0.05) is 18.3 Å². The van der Waals surface area contributed by atoms with Crippen molar-refractivity contribution in [2.24, 2.45) is 5.92 Å². The molecule has 0 spiro atoms. The standard InChI is InChI=1S/C16H25NO/c1-4-16(18)13-5-7-14(8-6-13)17(11-12(2)3)15-9-10-15/h5-8,12,15-16,18H,4,9-11H2,1-3H3/t16-/m1/s1. The van der Waals surface area contributed by atoms with Crippen LogP contribution in [0.25, 0.3) is 0 Å². The van der Waals surface area contributed by atoms with Crippen LogP contribution in [0, 0.1) is 5.92 Å². The van der Waals surface area contributed by atoms with E-state index in [4.69, 9.17) is 0 Å². The number of hydrogen-bond donors (Lipinski definition) is 1. The van der Waals surface area contributed by atoms with Crippen molar-refractivity contribution in [2.75, 3.05) is 11.4 Å². The molecule has 0 bridgehead atoms. The normalized spacial score (nSPS) is 16.9. The average molecular weight is 247 g/mol. The number of hydrogen-bond acceptors (Lipinski definition) is 2. The van der Waals surface area contributed by atoms with Crippen LogP contribution in [0.15, 0.2) is 24.3 Å². The van der Waals surface area contributed by atoms with Crippen molar-refractivity contribution in [2.45, 2.75) is 52.2 Å². The Bertz CT molecular complexity index is 367. The fraction of sp³-hybridized carbons (Fsp3) is 0.625. The van der Waals surface area contributed by atoms with E-state index in [9.17, 15) is 5.11 Å². The molecule has 1 atom stereocenters. The van der Waals surface area contributed by atoms with Crippen LogP contribution in [0.1, 0.15) is 51.7 Å². The topological polar surface area (TPSA) is 23.5 Å². The molecule has 1 fully saturated rings. The van der Waals surface area contributed by atoms with Gasteiger partial charge in [0.1, 0.15) is 0 Å². The lowest BCUT2D eigenvalue weighted by molar-refractivity contribution is 0.173. The average Bonchev–Trinajstić information content (AvgIpc) is 3.19. The van der Waals surface area contributed by atoms with Crippen LogP contribution < -0.4 is 4.90 Å². The van der Waals surface area contributed by atoms with E-state index < -0.39 is 0 Å². The predicted molar refractivity (Wildman–Crippen MR) is 76.9 cm³/mol. The first-order chi connectivity index (χ1) is 8.61. The van der Waals surface area contributed by atoms with E-state index in [1.807, 2.05) is 6.92 Å². The molecule has 1 aromatic rings. The van der Waals surface area contributed by atoms with Gasteiger partial charge in [-0.2, -0.15) is 0 Å². The van der Waals surface area contributed by atoms with Gasteiger partial charge < -0.3 is 10.0 Å². The summed E-state index contributed by atoms with van der Waals surface area (Å²) in [6, 6.07) is 9.21. The van der Waals surface area contributed by atoms with Crippen LogP contribution in [-0.2, 0) is 0 Å². The summed E-state index contributed by atoms with van der Waals surface area (Å²) in [5.41, 5.74) is 2.33. The molecule has 0 aromatic heterocycles. The highest BCUT2D eigenvalue weighted by Crippen LogP contribution is 2.33. The molecule has 1 aliphatic rings. The van der Waals surface area contributed by atoms with Gasteiger partial charge in [0.25, 0.3) is 0 Å². The first-order valence-electron chi connectivity index (χ1n) is 7.16. The molecule has 0 radical (unpaired) electrons. The molecule has 1 N–H and O–H groups in total. The molecule has 0 amide bonds. The zero-order valence-corrected chi connectivity index (χ0v) is 11.8. The molecule has 0 saturated heterocycles. The van der Waals surface area contributed by atoms with Crippen molar-refractivity contribution in [1.29, 1.82) is 0 Å². The molecule has 0 unspecified atom stereocenters. The van der Waals surface area contributed by atoms with Gasteiger partial charge in [0.15, 0.2) is 0 Å². The maximum absolute atomic E-state index is 9.81. The lowest BCUT2D eigenvalue weighted by Gasteiger charge is -2.27. The van der Waals surface area contributed by atoms with Crippen LogP contribution in [0.3, 0.4) is 0 Å². The Morgan fingerprint density at radius 1 is 1.22 bits per heavy atom. The van der Waals surface area contributed by atoms with Gasteiger partial charge in [0.2, 0.25) is 0 Å². The third kappa shape index (κ3) is 3.26. The Labute approximate surface area is 111 Å².